The number of hydrogen-bond donors (Lipinski definition) is 0. The van der Waals surface area contributed by atoms with Crippen molar-refractivity contribution in [3.63, 3.8) is 0 Å². The first-order valence-corrected chi connectivity index (χ1v) is 7.69. The van der Waals surface area contributed by atoms with Crippen LogP contribution in [0.15, 0.2) is 18.2 Å². The largest absolute Gasteiger partial charge is 0.305 e. The molecule has 0 radical (unpaired) electrons. The molecule has 6 heteroatoms. The summed E-state index contributed by atoms with van der Waals surface area (Å²) in [5.41, 5.74) is 0.650. The predicted molar refractivity (Wildman–Crippen MR) is 83.1 cm³/mol. The van der Waals surface area contributed by atoms with Crippen molar-refractivity contribution in [3.8, 4) is 11.4 Å². The standard InChI is InChI=1S/C13H14BrCl2N3/c1-13(2,3)19-10(7-14)17-18-12(19)8-5-4-6-9(15)11(8)16/h4-6H,7H2,1-3H3. The molecule has 0 amide bonds. The second-order valence-corrected chi connectivity index (χ2v) is 6.53. The van der Waals surface area contributed by atoms with Gasteiger partial charge in [-0.25, -0.2) is 0 Å². The SMILES string of the molecule is CC(C)(C)n1c(CBr)nnc1-c1cccc(Cl)c1Cl. The highest BCUT2D eigenvalue weighted by atomic mass is 79.9. The zero-order chi connectivity index (χ0) is 14.2. The van der Waals surface area contributed by atoms with E-state index in [1.54, 1.807) is 6.07 Å². The third kappa shape index (κ3) is 2.81. The average molecular weight is 363 g/mol. The number of aromatic nitrogens is 3. The smallest absolute Gasteiger partial charge is 0.166 e. The predicted octanol–water partition coefficient (Wildman–Crippen LogP) is 4.90. The van der Waals surface area contributed by atoms with E-state index in [-0.39, 0.29) is 5.54 Å². The van der Waals surface area contributed by atoms with Crippen molar-refractivity contribution in [2.45, 2.75) is 31.6 Å². The van der Waals surface area contributed by atoms with E-state index in [4.69, 9.17) is 23.2 Å². The van der Waals surface area contributed by atoms with Crippen LogP contribution in [0.25, 0.3) is 11.4 Å². The van der Waals surface area contributed by atoms with Gasteiger partial charge in [0.15, 0.2) is 5.82 Å². The third-order valence-corrected chi connectivity index (χ3v) is 4.03. The number of benzene rings is 1. The molecule has 0 unspecified atom stereocenters. The van der Waals surface area contributed by atoms with Gasteiger partial charge in [0, 0.05) is 11.1 Å². The van der Waals surface area contributed by atoms with Crippen LogP contribution >= 0.6 is 39.1 Å². The summed E-state index contributed by atoms with van der Waals surface area (Å²) in [5, 5.41) is 10.1. The Kier molecular flexibility index (Phi) is 4.23. The van der Waals surface area contributed by atoms with Crippen LogP contribution in [0.2, 0.25) is 10.0 Å². The van der Waals surface area contributed by atoms with Crippen LogP contribution < -0.4 is 0 Å². The fraction of sp³-hybridized carbons (Fsp3) is 0.385. The van der Waals surface area contributed by atoms with Gasteiger partial charge in [0.1, 0.15) is 5.82 Å². The van der Waals surface area contributed by atoms with Gasteiger partial charge < -0.3 is 4.57 Å². The van der Waals surface area contributed by atoms with Crippen LogP contribution in [-0.2, 0) is 10.9 Å². The molecule has 19 heavy (non-hydrogen) atoms. The molecule has 0 saturated heterocycles. The molecule has 102 valence electrons. The topological polar surface area (TPSA) is 30.7 Å². The molecule has 1 heterocycles. The summed E-state index contributed by atoms with van der Waals surface area (Å²) in [5.74, 6) is 1.59. The molecule has 1 aromatic heterocycles. The van der Waals surface area contributed by atoms with Gasteiger partial charge in [-0.2, -0.15) is 0 Å². The van der Waals surface area contributed by atoms with E-state index in [9.17, 15) is 0 Å². The molecular weight excluding hydrogens is 349 g/mol. The van der Waals surface area contributed by atoms with E-state index < -0.39 is 0 Å². The van der Waals surface area contributed by atoms with Crippen molar-refractivity contribution in [1.82, 2.24) is 14.8 Å². The van der Waals surface area contributed by atoms with E-state index in [1.165, 1.54) is 0 Å². The molecule has 0 aliphatic heterocycles. The Hall–Kier alpha value is -0.580. The summed E-state index contributed by atoms with van der Waals surface area (Å²) in [6, 6.07) is 5.52. The first kappa shape index (κ1) is 14.8. The molecule has 0 aliphatic carbocycles. The molecule has 0 bridgehead atoms. The van der Waals surface area contributed by atoms with Gasteiger partial charge in [0.25, 0.3) is 0 Å². The van der Waals surface area contributed by atoms with Crippen molar-refractivity contribution >= 4 is 39.1 Å². The zero-order valence-electron chi connectivity index (χ0n) is 10.9. The minimum absolute atomic E-state index is 0.145. The van der Waals surface area contributed by atoms with Crippen molar-refractivity contribution in [1.29, 1.82) is 0 Å². The summed E-state index contributed by atoms with van der Waals surface area (Å²) in [6.45, 7) is 6.30. The van der Waals surface area contributed by atoms with Gasteiger partial charge in [0.2, 0.25) is 0 Å². The maximum absolute atomic E-state index is 6.28. The molecule has 0 spiro atoms. The molecular formula is C13H14BrCl2N3. The number of alkyl halides is 1. The summed E-state index contributed by atoms with van der Waals surface area (Å²) < 4.78 is 2.07. The molecule has 0 aliphatic rings. The number of hydrogen-bond acceptors (Lipinski definition) is 2. The Morgan fingerprint density at radius 1 is 1.21 bits per heavy atom. The number of halogens is 3. The highest BCUT2D eigenvalue weighted by Gasteiger charge is 2.24. The minimum Gasteiger partial charge on any atom is -0.305 e. The molecule has 0 fully saturated rings. The highest BCUT2D eigenvalue weighted by molar-refractivity contribution is 9.08. The summed E-state index contributed by atoms with van der Waals surface area (Å²) >= 11 is 15.8. The number of nitrogens with zero attached hydrogens (tertiary/aromatic N) is 3. The molecule has 0 N–H and O–H groups in total. The third-order valence-electron chi connectivity index (χ3n) is 2.71. The Balaban J connectivity index is 2.70. The van der Waals surface area contributed by atoms with Crippen LogP contribution in [0.3, 0.4) is 0 Å². The Morgan fingerprint density at radius 3 is 2.47 bits per heavy atom. The molecule has 0 saturated carbocycles. The fourth-order valence-corrected chi connectivity index (χ4v) is 2.71. The van der Waals surface area contributed by atoms with E-state index in [0.29, 0.717) is 15.4 Å². The Labute approximate surface area is 131 Å². The van der Waals surface area contributed by atoms with Crippen molar-refractivity contribution in [2.24, 2.45) is 0 Å². The second kappa shape index (κ2) is 5.43. The molecule has 3 nitrogen and oxygen atoms in total. The van der Waals surface area contributed by atoms with Crippen LogP contribution in [-0.4, -0.2) is 14.8 Å². The van der Waals surface area contributed by atoms with E-state index >= 15 is 0 Å². The van der Waals surface area contributed by atoms with E-state index in [2.05, 4.69) is 51.5 Å². The van der Waals surface area contributed by atoms with Gasteiger partial charge in [-0.05, 0) is 32.9 Å². The lowest BCUT2D eigenvalue weighted by atomic mass is 10.1. The monoisotopic (exact) mass is 361 g/mol. The lowest BCUT2D eigenvalue weighted by Gasteiger charge is -2.25. The summed E-state index contributed by atoms with van der Waals surface area (Å²) in [6.07, 6.45) is 0. The fourth-order valence-electron chi connectivity index (χ4n) is 1.96. The van der Waals surface area contributed by atoms with Crippen LogP contribution in [0.5, 0.6) is 0 Å². The zero-order valence-corrected chi connectivity index (χ0v) is 14.0. The first-order chi connectivity index (χ1) is 8.86. The van der Waals surface area contributed by atoms with Crippen LogP contribution in [0.4, 0.5) is 0 Å². The van der Waals surface area contributed by atoms with Crippen molar-refractivity contribution in [3.05, 3.63) is 34.1 Å². The lowest BCUT2D eigenvalue weighted by molar-refractivity contribution is 0.391. The van der Waals surface area contributed by atoms with Crippen molar-refractivity contribution < 1.29 is 0 Å². The minimum atomic E-state index is -0.145. The maximum atomic E-state index is 6.28. The summed E-state index contributed by atoms with van der Waals surface area (Å²) in [7, 11) is 0. The molecule has 0 atom stereocenters. The second-order valence-electron chi connectivity index (χ2n) is 5.18. The maximum Gasteiger partial charge on any atom is 0.166 e. The van der Waals surface area contributed by atoms with Gasteiger partial charge >= 0.3 is 0 Å². The van der Waals surface area contributed by atoms with E-state index in [0.717, 1.165) is 17.2 Å². The Bertz CT molecular complexity index is 602. The lowest BCUT2D eigenvalue weighted by Crippen LogP contribution is -2.24. The first-order valence-electron chi connectivity index (χ1n) is 5.81. The Morgan fingerprint density at radius 2 is 1.89 bits per heavy atom. The molecule has 2 rings (SSSR count). The van der Waals surface area contributed by atoms with Crippen molar-refractivity contribution in [2.75, 3.05) is 0 Å². The quantitative estimate of drug-likeness (QED) is 0.711. The number of rotatable bonds is 2. The molecule has 2 aromatic rings. The van der Waals surface area contributed by atoms with Gasteiger partial charge in [-0.1, -0.05) is 45.2 Å². The van der Waals surface area contributed by atoms with Gasteiger partial charge in [-0.15, -0.1) is 10.2 Å². The van der Waals surface area contributed by atoms with E-state index in [1.807, 2.05) is 12.1 Å². The van der Waals surface area contributed by atoms with Gasteiger partial charge in [0.05, 0.1) is 15.4 Å². The normalized spacial score (nSPS) is 11.9. The highest BCUT2D eigenvalue weighted by Crippen LogP contribution is 2.35. The summed E-state index contributed by atoms with van der Waals surface area (Å²) in [4.78, 5) is 0. The molecule has 1 aromatic carbocycles. The van der Waals surface area contributed by atoms with Gasteiger partial charge in [-0.3, -0.25) is 0 Å². The van der Waals surface area contributed by atoms with Crippen LogP contribution in [0, 0.1) is 0 Å². The average Bonchev–Trinajstić information content (AvgIpc) is 2.76. The van der Waals surface area contributed by atoms with Crippen LogP contribution in [0.1, 0.15) is 26.6 Å².